The topological polar surface area (TPSA) is 24.9 Å². The van der Waals surface area contributed by atoms with Gasteiger partial charge in [-0.15, -0.1) is 11.3 Å². The van der Waals surface area contributed by atoms with Crippen LogP contribution in [0.5, 0.6) is 0 Å². The van der Waals surface area contributed by atoms with Crippen LogP contribution in [0.15, 0.2) is 28.7 Å². The number of aromatic nitrogens is 1. The molecule has 1 heterocycles. The summed E-state index contributed by atoms with van der Waals surface area (Å²) in [5.41, 5.74) is 2.43. The Morgan fingerprint density at radius 2 is 2.17 bits per heavy atom. The summed E-state index contributed by atoms with van der Waals surface area (Å²) in [5.74, 6) is 0. The smallest absolute Gasteiger partial charge is 0.107 e. The van der Waals surface area contributed by atoms with Crippen LogP contribution < -0.4 is 5.32 Å². The Hall–Kier alpha value is -0.710. The van der Waals surface area contributed by atoms with Crippen LogP contribution in [0.4, 0.5) is 0 Å². The van der Waals surface area contributed by atoms with Crippen LogP contribution in [-0.4, -0.2) is 4.98 Å². The summed E-state index contributed by atoms with van der Waals surface area (Å²) in [6.07, 6.45) is 0. The highest BCUT2D eigenvalue weighted by molar-refractivity contribution is 9.10. The number of nitrogens with one attached hydrogen (secondary N) is 1. The van der Waals surface area contributed by atoms with Gasteiger partial charge in [0.05, 0.1) is 5.69 Å². The van der Waals surface area contributed by atoms with Gasteiger partial charge in [0.1, 0.15) is 5.01 Å². The average molecular weight is 325 g/mol. The van der Waals surface area contributed by atoms with Gasteiger partial charge in [0, 0.05) is 21.9 Å². The van der Waals surface area contributed by atoms with Gasteiger partial charge in [-0.2, -0.15) is 0 Å². The summed E-state index contributed by atoms with van der Waals surface area (Å²) in [5, 5.41) is 4.67. The number of halogens is 1. The van der Waals surface area contributed by atoms with Crippen LogP contribution in [0.3, 0.4) is 0 Å². The molecule has 2 nitrogen and oxygen atoms in total. The number of nitrogens with zero attached hydrogens (tertiary/aromatic N) is 1. The number of thiazole rings is 1. The zero-order valence-corrected chi connectivity index (χ0v) is 13.2. The van der Waals surface area contributed by atoms with E-state index in [1.165, 1.54) is 10.4 Å². The fourth-order valence-electron chi connectivity index (χ4n) is 1.75. The first-order chi connectivity index (χ1) is 8.56. The van der Waals surface area contributed by atoms with E-state index in [1.54, 1.807) is 11.3 Å². The number of rotatable bonds is 4. The molecule has 0 saturated carbocycles. The third-order valence-electron chi connectivity index (χ3n) is 2.98. The first kappa shape index (κ1) is 13.7. The minimum absolute atomic E-state index is 0.326. The second kappa shape index (κ2) is 5.95. The van der Waals surface area contributed by atoms with E-state index in [1.807, 2.05) is 6.07 Å². The molecule has 0 bridgehead atoms. The quantitative estimate of drug-likeness (QED) is 0.903. The summed E-state index contributed by atoms with van der Waals surface area (Å²) in [7, 11) is 0. The lowest BCUT2D eigenvalue weighted by molar-refractivity contribution is 0.572. The van der Waals surface area contributed by atoms with Gasteiger partial charge in [0.15, 0.2) is 0 Å². The van der Waals surface area contributed by atoms with Gasteiger partial charge in [-0.25, -0.2) is 4.98 Å². The minimum atomic E-state index is 0.326. The molecule has 0 fully saturated rings. The Morgan fingerprint density at radius 3 is 2.78 bits per heavy atom. The zero-order chi connectivity index (χ0) is 13.1. The van der Waals surface area contributed by atoms with Crippen molar-refractivity contribution >= 4 is 27.3 Å². The molecule has 96 valence electrons. The Bertz CT molecular complexity index is 517. The fourth-order valence-corrected chi connectivity index (χ4v) is 3.05. The van der Waals surface area contributed by atoms with Crippen LogP contribution in [0, 0.1) is 13.8 Å². The summed E-state index contributed by atoms with van der Waals surface area (Å²) in [6, 6.07) is 8.72. The van der Waals surface area contributed by atoms with Crippen molar-refractivity contribution in [1.82, 2.24) is 10.3 Å². The average Bonchev–Trinajstić information content (AvgIpc) is 2.66. The van der Waals surface area contributed by atoms with Crippen molar-refractivity contribution in [3.63, 3.8) is 0 Å². The normalized spacial score (nSPS) is 12.7. The highest BCUT2D eigenvalue weighted by atomic mass is 79.9. The van der Waals surface area contributed by atoms with E-state index in [0.29, 0.717) is 6.04 Å². The highest BCUT2D eigenvalue weighted by Crippen LogP contribution is 2.20. The molecule has 0 saturated heterocycles. The Balaban J connectivity index is 1.98. The van der Waals surface area contributed by atoms with Crippen LogP contribution >= 0.6 is 27.3 Å². The largest absolute Gasteiger partial charge is 0.304 e. The molecule has 1 aromatic carbocycles. The van der Waals surface area contributed by atoms with Crippen LogP contribution in [0.25, 0.3) is 0 Å². The van der Waals surface area contributed by atoms with Crippen molar-refractivity contribution in [2.45, 2.75) is 33.4 Å². The van der Waals surface area contributed by atoms with Crippen molar-refractivity contribution in [2.75, 3.05) is 0 Å². The third kappa shape index (κ3) is 3.40. The molecule has 0 radical (unpaired) electrons. The van der Waals surface area contributed by atoms with Crippen LogP contribution in [0.2, 0.25) is 0 Å². The number of hydrogen-bond donors (Lipinski definition) is 1. The third-order valence-corrected chi connectivity index (χ3v) is 4.55. The van der Waals surface area contributed by atoms with E-state index in [9.17, 15) is 0 Å². The molecule has 1 N–H and O–H groups in total. The van der Waals surface area contributed by atoms with Crippen molar-refractivity contribution < 1.29 is 0 Å². The maximum atomic E-state index is 4.54. The summed E-state index contributed by atoms with van der Waals surface area (Å²) < 4.78 is 1.12. The van der Waals surface area contributed by atoms with Gasteiger partial charge in [-0.1, -0.05) is 28.1 Å². The summed E-state index contributed by atoms with van der Waals surface area (Å²) in [4.78, 5) is 5.85. The highest BCUT2D eigenvalue weighted by Gasteiger charge is 2.08. The van der Waals surface area contributed by atoms with E-state index in [2.05, 4.69) is 65.2 Å². The molecule has 0 aliphatic heterocycles. The maximum absolute atomic E-state index is 4.54. The van der Waals surface area contributed by atoms with Crippen molar-refractivity contribution in [2.24, 2.45) is 0 Å². The Kier molecular flexibility index (Phi) is 4.54. The Morgan fingerprint density at radius 1 is 1.39 bits per heavy atom. The molecule has 0 spiro atoms. The molecule has 0 aliphatic rings. The van der Waals surface area contributed by atoms with E-state index in [-0.39, 0.29) is 0 Å². The molecule has 1 aromatic heterocycles. The SMILES string of the molecule is Cc1nc(CN[C@@H](C)c2cccc(Br)c2)sc1C. The first-order valence-corrected chi connectivity index (χ1v) is 7.59. The van der Waals surface area contributed by atoms with Crippen molar-refractivity contribution in [3.05, 3.63) is 49.9 Å². The van der Waals surface area contributed by atoms with Crippen molar-refractivity contribution in [3.8, 4) is 0 Å². The van der Waals surface area contributed by atoms with Crippen molar-refractivity contribution in [1.29, 1.82) is 0 Å². The van der Waals surface area contributed by atoms with E-state index in [4.69, 9.17) is 0 Å². The van der Waals surface area contributed by atoms with Gasteiger partial charge < -0.3 is 5.32 Å². The van der Waals surface area contributed by atoms with Gasteiger partial charge >= 0.3 is 0 Å². The van der Waals surface area contributed by atoms with Gasteiger partial charge in [-0.05, 0) is 38.5 Å². The fraction of sp³-hybridized carbons (Fsp3) is 0.357. The number of benzene rings is 1. The molecule has 2 aromatic rings. The zero-order valence-electron chi connectivity index (χ0n) is 10.8. The standard InChI is InChI=1S/C14H17BrN2S/c1-9-11(3)18-14(17-9)8-16-10(2)12-5-4-6-13(15)7-12/h4-7,10,16H,8H2,1-3H3/t10-/m0/s1. The van der Waals surface area contributed by atoms with Gasteiger partial charge in [0.2, 0.25) is 0 Å². The second-order valence-electron chi connectivity index (χ2n) is 4.41. The molecule has 0 aliphatic carbocycles. The lowest BCUT2D eigenvalue weighted by atomic mass is 10.1. The molecule has 0 amide bonds. The minimum Gasteiger partial charge on any atom is -0.304 e. The molecular formula is C14H17BrN2S. The van der Waals surface area contributed by atoms with E-state index >= 15 is 0 Å². The second-order valence-corrected chi connectivity index (χ2v) is 6.61. The first-order valence-electron chi connectivity index (χ1n) is 5.98. The molecule has 2 rings (SSSR count). The molecule has 18 heavy (non-hydrogen) atoms. The number of aryl methyl sites for hydroxylation is 2. The van der Waals surface area contributed by atoms with E-state index < -0.39 is 0 Å². The summed E-state index contributed by atoms with van der Waals surface area (Å²) >= 11 is 5.27. The molecular weight excluding hydrogens is 308 g/mol. The van der Waals surface area contributed by atoms with E-state index in [0.717, 1.165) is 21.7 Å². The van der Waals surface area contributed by atoms with Crippen LogP contribution in [0.1, 0.15) is 34.1 Å². The lowest BCUT2D eigenvalue weighted by Gasteiger charge is -2.13. The summed E-state index contributed by atoms with van der Waals surface area (Å²) in [6.45, 7) is 7.18. The monoisotopic (exact) mass is 324 g/mol. The number of hydrogen-bond acceptors (Lipinski definition) is 3. The van der Waals surface area contributed by atoms with Gasteiger partial charge in [-0.3, -0.25) is 0 Å². The Labute approximate surface area is 121 Å². The van der Waals surface area contributed by atoms with Gasteiger partial charge in [0.25, 0.3) is 0 Å². The molecule has 1 atom stereocenters. The maximum Gasteiger partial charge on any atom is 0.107 e. The predicted molar refractivity (Wildman–Crippen MR) is 81.0 cm³/mol. The molecule has 0 unspecified atom stereocenters. The molecule has 4 heteroatoms. The lowest BCUT2D eigenvalue weighted by Crippen LogP contribution is -2.17. The predicted octanol–water partition coefficient (Wildman–Crippen LogP) is 4.37. The van der Waals surface area contributed by atoms with Crippen LogP contribution in [-0.2, 0) is 6.54 Å².